The van der Waals surface area contributed by atoms with Gasteiger partial charge in [-0.25, -0.2) is 0 Å². The van der Waals surface area contributed by atoms with Crippen molar-refractivity contribution in [2.75, 3.05) is 38.6 Å². The minimum atomic E-state index is -0.0880. The molecule has 3 N–H and O–H groups in total. The summed E-state index contributed by atoms with van der Waals surface area (Å²) in [6.45, 7) is 5.66. The third-order valence-electron chi connectivity index (χ3n) is 5.06. The van der Waals surface area contributed by atoms with Crippen LogP contribution in [0.1, 0.15) is 43.7 Å². The van der Waals surface area contributed by atoms with E-state index in [1.54, 1.807) is 7.11 Å². The van der Waals surface area contributed by atoms with Crippen LogP contribution in [0.3, 0.4) is 0 Å². The summed E-state index contributed by atoms with van der Waals surface area (Å²) in [5.41, 5.74) is 3.32. The molecule has 2 aromatic rings. The Kier molecular flexibility index (Phi) is 17.7. The number of halogens is 2. The van der Waals surface area contributed by atoms with Gasteiger partial charge >= 0.3 is 0 Å². The summed E-state index contributed by atoms with van der Waals surface area (Å²) >= 11 is 0. The molecule has 2 rings (SSSR count). The molecule has 7 heteroatoms. The second-order valence-corrected chi connectivity index (χ2v) is 7.62. The highest BCUT2D eigenvalue weighted by Crippen LogP contribution is 2.25. The van der Waals surface area contributed by atoms with Gasteiger partial charge in [0, 0.05) is 6.92 Å². The van der Waals surface area contributed by atoms with E-state index < -0.39 is 0 Å². The number of ether oxygens (including phenoxy) is 1. The fourth-order valence-electron chi connectivity index (χ4n) is 3.41. The first kappa shape index (κ1) is 30.2. The summed E-state index contributed by atoms with van der Waals surface area (Å²) in [5, 5.41) is 9.88. The molecule has 5 nitrogen and oxygen atoms in total. The number of benzene rings is 2. The Hall–Kier alpha value is -1.79. The van der Waals surface area contributed by atoms with Crippen molar-refractivity contribution in [2.45, 2.75) is 45.4 Å². The van der Waals surface area contributed by atoms with Gasteiger partial charge < -0.3 is 20.7 Å². The molecule has 0 aliphatic carbocycles. The number of nitrogens with one attached hydrogen (secondary N) is 3. The lowest BCUT2D eigenvalue weighted by Crippen LogP contribution is -2.19. The molecule has 0 atom stereocenters. The highest BCUT2D eigenvalue weighted by molar-refractivity contribution is 5.90. The number of hydrogen-bond donors (Lipinski definition) is 3. The molecule has 0 heterocycles. The van der Waals surface area contributed by atoms with Crippen molar-refractivity contribution in [3.63, 3.8) is 0 Å². The molecule has 1 amide bonds. The summed E-state index contributed by atoms with van der Waals surface area (Å²) < 4.78 is 5.30. The Bertz CT molecular complexity index is 745. The van der Waals surface area contributed by atoms with Gasteiger partial charge in [-0.3, -0.25) is 4.79 Å². The summed E-state index contributed by atoms with van der Waals surface area (Å²) in [6.07, 6.45) is 7.03. The number of hydrogen-bond acceptors (Lipinski definition) is 4. The van der Waals surface area contributed by atoms with Crippen LogP contribution >= 0.6 is 24.8 Å². The van der Waals surface area contributed by atoms with E-state index in [-0.39, 0.29) is 30.7 Å². The Labute approximate surface area is 205 Å². The Morgan fingerprint density at radius 2 is 1.38 bits per heavy atom. The first-order valence-corrected chi connectivity index (χ1v) is 11.1. The van der Waals surface area contributed by atoms with Gasteiger partial charge in [0.15, 0.2) is 0 Å². The lowest BCUT2D eigenvalue weighted by atomic mass is 10.1. The third-order valence-corrected chi connectivity index (χ3v) is 5.06. The molecule has 0 aliphatic heterocycles. The van der Waals surface area contributed by atoms with Gasteiger partial charge in [0.2, 0.25) is 5.91 Å². The minimum absolute atomic E-state index is 0. The monoisotopic (exact) mass is 483 g/mol. The molecule has 2 aromatic carbocycles. The molecule has 180 valence electrons. The number of rotatable bonds is 15. The van der Waals surface area contributed by atoms with Crippen LogP contribution in [0, 0.1) is 0 Å². The fraction of sp³-hybridized carbons (Fsp3) is 0.480. The molecular weight excluding hydrogens is 445 g/mol. The Morgan fingerprint density at radius 3 is 1.94 bits per heavy atom. The van der Waals surface area contributed by atoms with Crippen LogP contribution in [0.4, 0.5) is 5.69 Å². The van der Waals surface area contributed by atoms with Crippen LogP contribution in [0.15, 0.2) is 48.5 Å². The number of carbonyl (C=O) groups is 1. The fourth-order valence-corrected chi connectivity index (χ4v) is 3.41. The standard InChI is InChI=1S/C25H37N3O2.2ClH/c1-21(29)28-24-20-23(12-13-25(24)30-2)15-19-27-17-9-4-3-8-16-26-18-14-22-10-6-5-7-11-22;;/h5-7,10-13,20,26-27H,3-4,8-9,14-19H2,1-2H3,(H,28,29);2*1H. The second kappa shape index (κ2) is 18.8. The SMILES string of the molecule is COc1ccc(CCNCCCCCCNCCc2ccccc2)cc1NC(C)=O.Cl.Cl. The molecule has 32 heavy (non-hydrogen) atoms. The normalized spacial score (nSPS) is 10.1. The average Bonchev–Trinajstić information content (AvgIpc) is 2.75. The molecule has 0 unspecified atom stereocenters. The highest BCUT2D eigenvalue weighted by Gasteiger charge is 2.06. The number of methoxy groups -OCH3 is 1. The molecular formula is C25H39Cl2N3O2. The van der Waals surface area contributed by atoms with E-state index in [9.17, 15) is 4.79 Å². The van der Waals surface area contributed by atoms with E-state index >= 15 is 0 Å². The van der Waals surface area contributed by atoms with E-state index in [0.717, 1.165) is 44.7 Å². The molecule has 0 fully saturated rings. The molecule has 0 aliphatic rings. The maximum Gasteiger partial charge on any atom is 0.221 e. The predicted molar refractivity (Wildman–Crippen MR) is 140 cm³/mol. The number of carbonyl (C=O) groups excluding carboxylic acids is 1. The van der Waals surface area contributed by atoms with Crippen molar-refractivity contribution in [3.05, 3.63) is 59.7 Å². The van der Waals surface area contributed by atoms with Crippen LogP contribution in [0.25, 0.3) is 0 Å². The van der Waals surface area contributed by atoms with Gasteiger partial charge in [0.05, 0.1) is 12.8 Å². The molecule has 0 saturated carbocycles. The molecule has 0 bridgehead atoms. The topological polar surface area (TPSA) is 62.4 Å². The number of amides is 1. The average molecular weight is 485 g/mol. The summed E-state index contributed by atoms with van der Waals surface area (Å²) in [7, 11) is 1.61. The van der Waals surface area contributed by atoms with Crippen LogP contribution in [-0.2, 0) is 17.6 Å². The Morgan fingerprint density at radius 1 is 0.781 bits per heavy atom. The van der Waals surface area contributed by atoms with Crippen molar-refractivity contribution in [1.29, 1.82) is 0 Å². The van der Waals surface area contributed by atoms with E-state index in [1.165, 1.54) is 43.7 Å². The lowest BCUT2D eigenvalue weighted by Gasteiger charge is -2.11. The van der Waals surface area contributed by atoms with E-state index in [4.69, 9.17) is 4.74 Å². The molecule has 0 radical (unpaired) electrons. The second-order valence-electron chi connectivity index (χ2n) is 7.62. The minimum Gasteiger partial charge on any atom is -0.495 e. The Balaban J connectivity index is 0.00000480. The highest BCUT2D eigenvalue weighted by atomic mass is 35.5. The quantitative estimate of drug-likeness (QED) is 0.311. The number of unbranched alkanes of at least 4 members (excludes halogenated alkanes) is 3. The maximum absolute atomic E-state index is 11.3. The van der Waals surface area contributed by atoms with Crippen molar-refractivity contribution < 1.29 is 9.53 Å². The van der Waals surface area contributed by atoms with E-state index in [1.807, 2.05) is 12.1 Å². The largest absolute Gasteiger partial charge is 0.495 e. The zero-order valence-corrected chi connectivity index (χ0v) is 21.0. The third kappa shape index (κ3) is 12.9. The first-order valence-electron chi connectivity index (χ1n) is 11.1. The smallest absolute Gasteiger partial charge is 0.221 e. The van der Waals surface area contributed by atoms with Crippen LogP contribution in [0.2, 0.25) is 0 Å². The van der Waals surface area contributed by atoms with Crippen molar-refractivity contribution in [3.8, 4) is 5.75 Å². The molecule has 0 spiro atoms. The van der Waals surface area contributed by atoms with E-state index in [0.29, 0.717) is 5.75 Å². The van der Waals surface area contributed by atoms with Crippen LogP contribution < -0.4 is 20.7 Å². The van der Waals surface area contributed by atoms with Gasteiger partial charge in [-0.05, 0) is 75.1 Å². The molecule has 0 saturated heterocycles. The van der Waals surface area contributed by atoms with Gasteiger partial charge in [-0.1, -0.05) is 49.2 Å². The predicted octanol–water partition coefficient (Wildman–Crippen LogP) is 5.02. The maximum atomic E-state index is 11.3. The van der Waals surface area contributed by atoms with Crippen LogP contribution in [0.5, 0.6) is 5.75 Å². The van der Waals surface area contributed by atoms with Gasteiger partial charge in [0.1, 0.15) is 5.75 Å². The van der Waals surface area contributed by atoms with Crippen LogP contribution in [-0.4, -0.2) is 39.2 Å². The van der Waals surface area contributed by atoms with Crippen molar-refractivity contribution in [2.24, 2.45) is 0 Å². The zero-order valence-electron chi connectivity index (χ0n) is 19.3. The van der Waals surface area contributed by atoms with Gasteiger partial charge in [0.25, 0.3) is 0 Å². The van der Waals surface area contributed by atoms with E-state index in [2.05, 4.69) is 52.3 Å². The molecule has 0 aromatic heterocycles. The summed E-state index contributed by atoms with van der Waals surface area (Å²) in [6, 6.07) is 16.6. The summed E-state index contributed by atoms with van der Waals surface area (Å²) in [4.78, 5) is 11.3. The number of anilines is 1. The zero-order chi connectivity index (χ0) is 21.4. The lowest BCUT2D eigenvalue weighted by molar-refractivity contribution is -0.114. The van der Waals surface area contributed by atoms with Gasteiger partial charge in [-0.15, -0.1) is 24.8 Å². The summed E-state index contributed by atoms with van der Waals surface area (Å²) in [5.74, 6) is 0.603. The van der Waals surface area contributed by atoms with Gasteiger partial charge in [-0.2, -0.15) is 0 Å². The van der Waals surface area contributed by atoms with Crippen molar-refractivity contribution in [1.82, 2.24) is 10.6 Å². The first-order chi connectivity index (χ1) is 14.7. The van der Waals surface area contributed by atoms with Crippen molar-refractivity contribution >= 4 is 36.4 Å².